The maximum atomic E-state index is 12.0. The van der Waals surface area contributed by atoms with E-state index in [4.69, 9.17) is 5.11 Å². The number of benzene rings is 1. The molecule has 128 valence electrons. The molecule has 0 saturated heterocycles. The summed E-state index contributed by atoms with van der Waals surface area (Å²) in [7, 11) is -3.33. The third-order valence-corrected chi connectivity index (χ3v) is 5.07. The van der Waals surface area contributed by atoms with Crippen molar-refractivity contribution in [1.29, 1.82) is 0 Å². The molecule has 1 amide bonds. The maximum Gasteiger partial charge on any atom is 0.326 e. The Labute approximate surface area is 136 Å². The van der Waals surface area contributed by atoms with Gasteiger partial charge in [-0.05, 0) is 30.0 Å². The lowest BCUT2D eigenvalue weighted by atomic mass is 10.0. The number of nitrogens with one attached hydrogen (secondary N) is 1. The summed E-state index contributed by atoms with van der Waals surface area (Å²) in [5, 5.41) is 11.6. The molecule has 7 heteroatoms. The average Bonchev–Trinajstić information content (AvgIpc) is 2.46. The Morgan fingerprint density at radius 3 is 2.43 bits per heavy atom. The maximum absolute atomic E-state index is 12.0. The number of aliphatic carboxylic acids is 1. The predicted molar refractivity (Wildman–Crippen MR) is 86.9 cm³/mol. The second-order valence-corrected chi connectivity index (χ2v) is 8.09. The summed E-state index contributed by atoms with van der Waals surface area (Å²) in [6.45, 7) is 5.31. The normalized spacial score (nSPS) is 12.9. The first-order chi connectivity index (χ1) is 10.7. The van der Waals surface area contributed by atoms with Gasteiger partial charge in [0.25, 0.3) is 0 Å². The van der Waals surface area contributed by atoms with Crippen molar-refractivity contribution in [1.82, 2.24) is 5.32 Å². The largest absolute Gasteiger partial charge is 0.480 e. The number of hydrogen-bond donors (Lipinski definition) is 2. The number of carbonyl (C=O) groups excluding carboxylic acids is 1. The molecule has 1 unspecified atom stereocenters. The van der Waals surface area contributed by atoms with E-state index in [2.05, 4.69) is 5.32 Å². The molecule has 23 heavy (non-hydrogen) atoms. The van der Waals surface area contributed by atoms with Gasteiger partial charge < -0.3 is 10.4 Å². The highest BCUT2D eigenvalue weighted by atomic mass is 32.2. The molecule has 0 radical (unpaired) electrons. The van der Waals surface area contributed by atoms with Crippen LogP contribution in [0, 0.1) is 5.92 Å². The molecule has 0 aliphatic heterocycles. The van der Waals surface area contributed by atoms with Crippen molar-refractivity contribution in [2.24, 2.45) is 5.92 Å². The van der Waals surface area contributed by atoms with E-state index in [0.717, 1.165) is 0 Å². The zero-order chi connectivity index (χ0) is 17.6. The molecular formula is C16H23NO5S. The molecule has 0 saturated carbocycles. The Hall–Kier alpha value is -1.89. The van der Waals surface area contributed by atoms with Gasteiger partial charge in [-0.2, -0.15) is 0 Å². The van der Waals surface area contributed by atoms with Crippen LogP contribution in [0.15, 0.2) is 29.2 Å². The fraction of sp³-hybridized carbons (Fsp3) is 0.500. The molecule has 1 rings (SSSR count). The second-order valence-electron chi connectivity index (χ2n) is 5.82. The zero-order valence-corrected chi connectivity index (χ0v) is 14.4. The SMILES string of the molecule is CCS(=O)(=O)c1cccc(CC(=O)NC(CC(C)C)C(=O)O)c1. The monoisotopic (exact) mass is 341 g/mol. The van der Waals surface area contributed by atoms with Gasteiger partial charge in [-0.25, -0.2) is 13.2 Å². The zero-order valence-electron chi connectivity index (χ0n) is 13.6. The summed E-state index contributed by atoms with van der Waals surface area (Å²) < 4.78 is 23.7. The van der Waals surface area contributed by atoms with Crippen LogP contribution < -0.4 is 5.32 Å². The van der Waals surface area contributed by atoms with Gasteiger partial charge in [-0.1, -0.05) is 32.9 Å². The van der Waals surface area contributed by atoms with Gasteiger partial charge in [0, 0.05) is 0 Å². The molecule has 2 N–H and O–H groups in total. The molecule has 0 aliphatic rings. The Balaban J connectivity index is 2.81. The minimum Gasteiger partial charge on any atom is -0.480 e. The molecule has 0 bridgehead atoms. The Morgan fingerprint density at radius 1 is 1.26 bits per heavy atom. The minimum atomic E-state index is -3.33. The summed E-state index contributed by atoms with van der Waals surface area (Å²) in [4.78, 5) is 23.3. The van der Waals surface area contributed by atoms with E-state index in [1.54, 1.807) is 19.1 Å². The van der Waals surface area contributed by atoms with Gasteiger partial charge in [-0.15, -0.1) is 0 Å². The van der Waals surface area contributed by atoms with Crippen LogP contribution in [0.5, 0.6) is 0 Å². The lowest BCUT2D eigenvalue weighted by Gasteiger charge is -2.16. The predicted octanol–water partition coefficient (Wildman–Crippen LogP) is 1.64. The van der Waals surface area contributed by atoms with E-state index in [1.165, 1.54) is 12.1 Å². The number of rotatable bonds is 8. The van der Waals surface area contributed by atoms with Crippen molar-refractivity contribution in [2.75, 3.05) is 5.75 Å². The second kappa shape index (κ2) is 8.10. The van der Waals surface area contributed by atoms with E-state index >= 15 is 0 Å². The topological polar surface area (TPSA) is 101 Å². The number of amides is 1. The summed E-state index contributed by atoms with van der Waals surface area (Å²) >= 11 is 0. The van der Waals surface area contributed by atoms with Gasteiger partial charge in [-0.3, -0.25) is 4.79 Å². The highest BCUT2D eigenvalue weighted by Crippen LogP contribution is 2.14. The van der Waals surface area contributed by atoms with E-state index in [9.17, 15) is 18.0 Å². The van der Waals surface area contributed by atoms with Crippen LogP contribution in [0.3, 0.4) is 0 Å². The van der Waals surface area contributed by atoms with Crippen LogP contribution >= 0.6 is 0 Å². The quantitative estimate of drug-likeness (QED) is 0.748. The molecule has 1 aromatic carbocycles. The van der Waals surface area contributed by atoms with Crippen LogP contribution in [0.4, 0.5) is 0 Å². The van der Waals surface area contributed by atoms with E-state index < -0.39 is 27.8 Å². The van der Waals surface area contributed by atoms with Crippen LogP contribution in [0.25, 0.3) is 0 Å². The lowest BCUT2D eigenvalue weighted by molar-refractivity contribution is -0.142. The Morgan fingerprint density at radius 2 is 1.91 bits per heavy atom. The number of sulfone groups is 1. The van der Waals surface area contributed by atoms with E-state index in [1.807, 2.05) is 13.8 Å². The number of carbonyl (C=O) groups is 2. The average molecular weight is 341 g/mol. The molecule has 1 aromatic rings. The standard InChI is InChI=1S/C16H23NO5S/c1-4-23(21,22)13-7-5-6-12(9-13)10-15(18)17-14(16(19)20)8-11(2)3/h5-7,9,11,14H,4,8,10H2,1-3H3,(H,17,18)(H,19,20). The first kappa shape index (κ1) is 19.2. The van der Waals surface area contributed by atoms with Crippen molar-refractivity contribution >= 4 is 21.7 Å². The third-order valence-electron chi connectivity index (χ3n) is 3.34. The smallest absolute Gasteiger partial charge is 0.326 e. The number of carboxylic acid groups (broad SMARTS) is 1. The van der Waals surface area contributed by atoms with Crippen LogP contribution in [-0.4, -0.2) is 37.2 Å². The highest BCUT2D eigenvalue weighted by molar-refractivity contribution is 7.91. The first-order valence-corrected chi connectivity index (χ1v) is 9.14. The lowest BCUT2D eigenvalue weighted by Crippen LogP contribution is -2.42. The fourth-order valence-electron chi connectivity index (χ4n) is 2.14. The summed E-state index contributed by atoms with van der Waals surface area (Å²) in [5.41, 5.74) is 0.533. The van der Waals surface area contributed by atoms with Gasteiger partial charge >= 0.3 is 5.97 Å². The summed E-state index contributed by atoms with van der Waals surface area (Å²) in [5.74, 6) is -1.40. The third kappa shape index (κ3) is 6.02. The molecule has 0 fully saturated rings. The van der Waals surface area contributed by atoms with Crippen molar-refractivity contribution in [3.05, 3.63) is 29.8 Å². The molecule has 0 aliphatic carbocycles. The molecule has 0 aromatic heterocycles. The van der Waals surface area contributed by atoms with E-state index in [-0.39, 0.29) is 23.0 Å². The van der Waals surface area contributed by atoms with Gasteiger partial charge in [0.2, 0.25) is 5.91 Å². The van der Waals surface area contributed by atoms with Gasteiger partial charge in [0.05, 0.1) is 17.1 Å². The molecule has 1 atom stereocenters. The number of carboxylic acids is 1. The molecule has 6 nitrogen and oxygen atoms in total. The fourth-order valence-corrected chi connectivity index (χ4v) is 3.09. The van der Waals surface area contributed by atoms with Crippen molar-refractivity contribution in [2.45, 2.75) is 44.6 Å². The molecular weight excluding hydrogens is 318 g/mol. The first-order valence-electron chi connectivity index (χ1n) is 7.49. The van der Waals surface area contributed by atoms with Crippen molar-refractivity contribution < 1.29 is 23.1 Å². The van der Waals surface area contributed by atoms with E-state index in [0.29, 0.717) is 12.0 Å². The van der Waals surface area contributed by atoms with Crippen LogP contribution in [0.1, 0.15) is 32.8 Å². The van der Waals surface area contributed by atoms with Gasteiger partial charge in [0.1, 0.15) is 6.04 Å². The van der Waals surface area contributed by atoms with Crippen molar-refractivity contribution in [3.8, 4) is 0 Å². The Kier molecular flexibility index (Phi) is 6.75. The van der Waals surface area contributed by atoms with Gasteiger partial charge in [0.15, 0.2) is 9.84 Å². The molecule has 0 spiro atoms. The van der Waals surface area contributed by atoms with Crippen LogP contribution in [0.2, 0.25) is 0 Å². The van der Waals surface area contributed by atoms with Crippen molar-refractivity contribution in [3.63, 3.8) is 0 Å². The highest BCUT2D eigenvalue weighted by Gasteiger charge is 2.21. The Bertz CT molecular complexity index is 667. The number of hydrogen-bond acceptors (Lipinski definition) is 4. The summed E-state index contributed by atoms with van der Waals surface area (Å²) in [6.07, 6.45) is 0.278. The summed E-state index contributed by atoms with van der Waals surface area (Å²) in [6, 6.07) is 5.22. The molecule has 0 heterocycles. The minimum absolute atomic E-state index is 0.0157. The van der Waals surface area contributed by atoms with Crippen LogP contribution in [-0.2, 0) is 25.8 Å².